The SMILES string of the molecule is FC12CCCCC1OCCO2. The topological polar surface area (TPSA) is 18.5 Å². The van der Waals surface area contributed by atoms with E-state index in [4.69, 9.17) is 9.47 Å². The van der Waals surface area contributed by atoms with Gasteiger partial charge in [0.25, 0.3) is 0 Å². The average molecular weight is 160 g/mol. The summed E-state index contributed by atoms with van der Waals surface area (Å²) in [6.45, 7) is 0.962. The summed E-state index contributed by atoms with van der Waals surface area (Å²) < 4.78 is 24.0. The van der Waals surface area contributed by atoms with Gasteiger partial charge in [0.2, 0.25) is 5.85 Å². The Labute approximate surface area is 65.7 Å². The average Bonchev–Trinajstić information content (AvgIpc) is 2.03. The van der Waals surface area contributed by atoms with Gasteiger partial charge in [-0.1, -0.05) is 6.42 Å². The summed E-state index contributed by atoms with van der Waals surface area (Å²) in [5.74, 6) is -1.45. The van der Waals surface area contributed by atoms with Crippen LogP contribution in [0.1, 0.15) is 25.7 Å². The molecule has 1 aliphatic carbocycles. The van der Waals surface area contributed by atoms with Gasteiger partial charge in [-0.2, -0.15) is 0 Å². The number of hydrogen-bond acceptors (Lipinski definition) is 2. The minimum absolute atomic E-state index is 0.287. The predicted octanol–water partition coefficient (Wildman–Crippen LogP) is 1.64. The molecule has 2 aliphatic rings. The summed E-state index contributed by atoms with van der Waals surface area (Å²) >= 11 is 0. The third-order valence-corrected chi connectivity index (χ3v) is 2.46. The highest BCUT2D eigenvalue weighted by atomic mass is 19.2. The second-order valence-electron chi connectivity index (χ2n) is 3.24. The normalized spacial score (nSPS) is 45.0. The Morgan fingerprint density at radius 1 is 1.27 bits per heavy atom. The molecule has 0 spiro atoms. The largest absolute Gasteiger partial charge is 0.370 e. The first-order chi connectivity index (χ1) is 5.31. The van der Waals surface area contributed by atoms with Crippen LogP contribution in [-0.2, 0) is 9.47 Å². The Balaban J connectivity index is 2.06. The van der Waals surface area contributed by atoms with E-state index < -0.39 is 5.85 Å². The van der Waals surface area contributed by atoms with E-state index in [0.717, 1.165) is 19.3 Å². The Hall–Kier alpha value is -0.150. The van der Waals surface area contributed by atoms with Gasteiger partial charge in [0.15, 0.2) is 0 Å². The van der Waals surface area contributed by atoms with Crippen LogP contribution in [0.15, 0.2) is 0 Å². The van der Waals surface area contributed by atoms with Crippen molar-refractivity contribution in [2.75, 3.05) is 13.2 Å². The van der Waals surface area contributed by atoms with E-state index in [1.165, 1.54) is 0 Å². The molecule has 11 heavy (non-hydrogen) atoms. The maximum absolute atomic E-state index is 13.7. The summed E-state index contributed by atoms with van der Waals surface area (Å²) in [6.07, 6.45) is 3.04. The molecule has 0 amide bonds. The number of hydrogen-bond donors (Lipinski definition) is 0. The van der Waals surface area contributed by atoms with Crippen LogP contribution in [0.2, 0.25) is 0 Å². The van der Waals surface area contributed by atoms with Gasteiger partial charge in [0, 0.05) is 6.42 Å². The molecule has 0 aromatic heterocycles. The van der Waals surface area contributed by atoms with Crippen LogP contribution < -0.4 is 0 Å². The van der Waals surface area contributed by atoms with E-state index in [1.807, 2.05) is 0 Å². The molecule has 3 heteroatoms. The van der Waals surface area contributed by atoms with Gasteiger partial charge in [-0.05, 0) is 12.8 Å². The Bertz CT molecular complexity index is 137. The maximum Gasteiger partial charge on any atom is 0.235 e. The lowest BCUT2D eigenvalue weighted by Crippen LogP contribution is -2.49. The summed E-state index contributed by atoms with van der Waals surface area (Å²) in [4.78, 5) is 0. The van der Waals surface area contributed by atoms with Crippen molar-refractivity contribution in [2.24, 2.45) is 0 Å². The summed E-state index contributed by atoms with van der Waals surface area (Å²) in [5, 5.41) is 0. The first kappa shape index (κ1) is 7.50. The van der Waals surface area contributed by atoms with E-state index in [1.54, 1.807) is 0 Å². The summed E-state index contributed by atoms with van der Waals surface area (Å²) in [7, 11) is 0. The van der Waals surface area contributed by atoms with Gasteiger partial charge in [0.05, 0.1) is 13.2 Å². The fraction of sp³-hybridized carbons (Fsp3) is 1.00. The summed E-state index contributed by atoms with van der Waals surface area (Å²) in [6, 6.07) is 0. The minimum Gasteiger partial charge on any atom is -0.370 e. The second kappa shape index (κ2) is 2.72. The van der Waals surface area contributed by atoms with E-state index in [0.29, 0.717) is 19.6 Å². The summed E-state index contributed by atoms with van der Waals surface area (Å²) in [5.41, 5.74) is 0. The highest BCUT2D eigenvalue weighted by Crippen LogP contribution is 2.37. The van der Waals surface area contributed by atoms with Crippen molar-refractivity contribution >= 4 is 0 Å². The third-order valence-electron chi connectivity index (χ3n) is 2.46. The van der Waals surface area contributed by atoms with Crippen molar-refractivity contribution in [2.45, 2.75) is 37.6 Å². The molecule has 1 aliphatic heterocycles. The zero-order chi connectivity index (χ0) is 7.73. The molecule has 2 rings (SSSR count). The van der Waals surface area contributed by atoms with Crippen molar-refractivity contribution in [1.82, 2.24) is 0 Å². The standard InChI is InChI=1S/C8H13FO2/c9-8-4-2-1-3-7(8)10-5-6-11-8/h7H,1-6H2. The van der Waals surface area contributed by atoms with Crippen LogP contribution in [0.25, 0.3) is 0 Å². The maximum atomic E-state index is 13.7. The molecule has 0 aromatic rings. The lowest BCUT2D eigenvalue weighted by Gasteiger charge is -2.40. The van der Waals surface area contributed by atoms with Crippen LogP contribution in [-0.4, -0.2) is 25.2 Å². The molecule has 2 nitrogen and oxygen atoms in total. The molecule has 0 bridgehead atoms. The number of halogens is 1. The van der Waals surface area contributed by atoms with Gasteiger partial charge in [0.1, 0.15) is 6.10 Å². The smallest absolute Gasteiger partial charge is 0.235 e. The Morgan fingerprint density at radius 3 is 3.00 bits per heavy atom. The molecule has 2 atom stereocenters. The molecular formula is C8H13FO2. The number of fused-ring (bicyclic) bond motifs is 1. The number of ether oxygens (including phenoxy) is 2. The third kappa shape index (κ3) is 1.27. The molecular weight excluding hydrogens is 147 g/mol. The van der Waals surface area contributed by atoms with Crippen molar-refractivity contribution in [3.05, 3.63) is 0 Å². The number of rotatable bonds is 0. The van der Waals surface area contributed by atoms with Crippen LogP contribution in [0, 0.1) is 0 Å². The molecule has 0 N–H and O–H groups in total. The lowest BCUT2D eigenvalue weighted by atomic mass is 9.92. The van der Waals surface area contributed by atoms with Crippen molar-refractivity contribution in [1.29, 1.82) is 0 Å². The first-order valence-electron chi connectivity index (χ1n) is 4.26. The van der Waals surface area contributed by atoms with Crippen LogP contribution in [0.5, 0.6) is 0 Å². The first-order valence-corrected chi connectivity index (χ1v) is 4.26. The molecule has 64 valence electrons. The van der Waals surface area contributed by atoms with Gasteiger partial charge in [-0.25, -0.2) is 4.39 Å². The van der Waals surface area contributed by atoms with Gasteiger partial charge >= 0.3 is 0 Å². The van der Waals surface area contributed by atoms with E-state index in [-0.39, 0.29) is 6.10 Å². The van der Waals surface area contributed by atoms with Crippen molar-refractivity contribution in [3.63, 3.8) is 0 Å². The minimum atomic E-state index is -1.45. The van der Waals surface area contributed by atoms with Crippen molar-refractivity contribution < 1.29 is 13.9 Å². The van der Waals surface area contributed by atoms with E-state index in [2.05, 4.69) is 0 Å². The van der Waals surface area contributed by atoms with Gasteiger partial charge in [-0.3, -0.25) is 0 Å². The molecule has 2 fully saturated rings. The van der Waals surface area contributed by atoms with Crippen LogP contribution in [0.3, 0.4) is 0 Å². The quantitative estimate of drug-likeness (QED) is 0.536. The highest BCUT2D eigenvalue weighted by Gasteiger charge is 2.45. The monoisotopic (exact) mass is 160 g/mol. The fourth-order valence-corrected chi connectivity index (χ4v) is 1.85. The van der Waals surface area contributed by atoms with E-state index in [9.17, 15) is 4.39 Å². The molecule has 0 radical (unpaired) electrons. The number of alkyl halides is 1. The second-order valence-corrected chi connectivity index (χ2v) is 3.24. The fourth-order valence-electron chi connectivity index (χ4n) is 1.85. The van der Waals surface area contributed by atoms with Crippen LogP contribution >= 0.6 is 0 Å². The molecule has 1 saturated heterocycles. The van der Waals surface area contributed by atoms with Crippen LogP contribution in [0.4, 0.5) is 4.39 Å². The molecule has 1 heterocycles. The Kier molecular flexibility index (Phi) is 1.85. The van der Waals surface area contributed by atoms with Crippen molar-refractivity contribution in [3.8, 4) is 0 Å². The van der Waals surface area contributed by atoms with Gasteiger partial charge in [-0.15, -0.1) is 0 Å². The zero-order valence-electron chi connectivity index (χ0n) is 6.51. The zero-order valence-corrected chi connectivity index (χ0v) is 6.51. The molecule has 0 aromatic carbocycles. The molecule has 2 unspecified atom stereocenters. The van der Waals surface area contributed by atoms with Gasteiger partial charge < -0.3 is 9.47 Å². The Morgan fingerprint density at radius 2 is 2.18 bits per heavy atom. The van der Waals surface area contributed by atoms with E-state index >= 15 is 0 Å². The lowest BCUT2D eigenvalue weighted by molar-refractivity contribution is -0.279. The molecule has 1 saturated carbocycles. The highest BCUT2D eigenvalue weighted by molar-refractivity contribution is 4.85. The predicted molar refractivity (Wildman–Crippen MR) is 38.0 cm³/mol.